The summed E-state index contributed by atoms with van der Waals surface area (Å²) < 4.78 is 0. The van der Waals surface area contributed by atoms with E-state index >= 15 is 0 Å². The molecule has 4 N–H and O–H groups in total. The van der Waals surface area contributed by atoms with Crippen LogP contribution in [0.2, 0.25) is 0 Å². The van der Waals surface area contributed by atoms with Crippen molar-refractivity contribution in [2.75, 3.05) is 0 Å². The molecule has 2 aromatic carbocycles. The molecule has 0 radical (unpaired) electrons. The zero-order valence-electron chi connectivity index (χ0n) is 14.7. The summed E-state index contributed by atoms with van der Waals surface area (Å²) in [6, 6.07) is 9.66. The minimum absolute atomic E-state index is 0.176. The highest BCUT2D eigenvalue weighted by Crippen LogP contribution is 2.67. The van der Waals surface area contributed by atoms with Crippen molar-refractivity contribution in [2.24, 2.45) is 11.8 Å². The minimum Gasteiger partial charge on any atom is -0.508 e. The van der Waals surface area contributed by atoms with Gasteiger partial charge in [0.15, 0.2) is 0 Å². The van der Waals surface area contributed by atoms with E-state index in [-0.39, 0.29) is 33.8 Å². The fraction of sp³-hybridized carbons (Fsp3) is 0.455. The van der Waals surface area contributed by atoms with E-state index in [9.17, 15) is 20.4 Å². The van der Waals surface area contributed by atoms with Gasteiger partial charge in [-0.25, -0.2) is 0 Å². The molecule has 6 rings (SSSR count). The number of phenolic OH excluding ortho intramolecular Hbond substituents is 4. The van der Waals surface area contributed by atoms with Crippen molar-refractivity contribution >= 4 is 0 Å². The van der Waals surface area contributed by atoms with Gasteiger partial charge in [0.05, 0.1) is 0 Å². The van der Waals surface area contributed by atoms with Gasteiger partial charge in [0, 0.05) is 22.0 Å². The van der Waals surface area contributed by atoms with Gasteiger partial charge in [-0.05, 0) is 86.8 Å². The predicted octanol–water partition coefficient (Wildman–Crippen LogP) is 4.30. The summed E-state index contributed by atoms with van der Waals surface area (Å²) in [5.41, 5.74) is 1.33. The largest absolute Gasteiger partial charge is 0.508 e. The van der Waals surface area contributed by atoms with Crippen LogP contribution >= 0.6 is 0 Å². The molecule has 26 heavy (non-hydrogen) atoms. The summed E-state index contributed by atoms with van der Waals surface area (Å²) >= 11 is 0. The van der Waals surface area contributed by atoms with Crippen LogP contribution in [0.3, 0.4) is 0 Å². The molecule has 0 saturated heterocycles. The summed E-state index contributed by atoms with van der Waals surface area (Å²) in [5, 5.41) is 41.1. The maximum absolute atomic E-state index is 10.5. The van der Waals surface area contributed by atoms with Crippen LogP contribution in [0.25, 0.3) is 0 Å². The van der Waals surface area contributed by atoms with Crippen molar-refractivity contribution in [3.63, 3.8) is 0 Å². The van der Waals surface area contributed by atoms with Gasteiger partial charge in [0.1, 0.15) is 23.0 Å². The summed E-state index contributed by atoms with van der Waals surface area (Å²) in [6.07, 6.45) is 6.09. The molecule has 4 heteroatoms. The quantitative estimate of drug-likeness (QED) is 0.608. The van der Waals surface area contributed by atoms with Gasteiger partial charge < -0.3 is 20.4 Å². The normalized spacial score (nSPS) is 34.9. The average Bonchev–Trinajstić information content (AvgIpc) is 2.58. The molecule has 0 spiro atoms. The van der Waals surface area contributed by atoms with E-state index in [1.54, 1.807) is 24.3 Å². The smallest absolute Gasteiger partial charge is 0.119 e. The first-order valence-electron chi connectivity index (χ1n) is 9.44. The zero-order chi connectivity index (χ0) is 18.1. The van der Waals surface area contributed by atoms with E-state index in [0.29, 0.717) is 11.8 Å². The highest BCUT2D eigenvalue weighted by molar-refractivity contribution is 5.50. The first kappa shape index (κ1) is 15.9. The second kappa shape index (κ2) is 5.09. The maximum atomic E-state index is 10.5. The van der Waals surface area contributed by atoms with Crippen LogP contribution < -0.4 is 0 Å². The summed E-state index contributed by atoms with van der Waals surface area (Å²) in [5.74, 6) is 1.95. The molecule has 0 amide bonds. The molecular weight excluding hydrogens is 328 g/mol. The molecule has 4 fully saturated rings. The van der Waals surface area contributed by atoms with Crippen molar-refractivity contribution in [1.29, 1.82) is 0 Å². The Kier molecular flexibility index (Phi) is 3.10. The van der Waals surface area contributed by atoms with Gasteiger partial charge in [-0.2, -0.15) is 0 Å². The van der Waals surface area contributed by atoms with E-state index in [2.05, 4.69) is 0 Å². The van der Waals surface area contributed by atoms with Crippen LogP contribution in [0, 0.1) is 11.8 Å². The second-order valence-corrected chi connectivity index (χ2v) is 8.92. The molecule has 4 bridgehead atoms. The van der Waals surface area contributed by atoms with Crippen molar-refractivity contribution < 1.29 is 20.4 Å². The lowest BCUT2D eigenvalue weighted by atomic mass is 9.41. The monoisotopic (exact) mass is 352 g/mol. The predicted molar refractivity (Wildman–Crippen MR) is 97.6 cm³/mol. The second-order valence-electron chi connectivity index (χ2n) is 8.92. The van der Waals surface area contributed by atoms with E-state index in [4.69, 9.17) is 0 Å². The van der Waals surface area contributed by atoms with Gasteiger partial charge >= 0.3 is 0 Å². The standard InChI is InChI=1S/C22H24O4/c23-15-1-3-19(25)17(6-15)21-8-13-5-14(9-21)11-22(10-13,12-21)18-7-16(24)2-4-20(18)26/h1-4,6-7,13-14,23-26H,5,8-12H2. The third-order valence-electron chi connectivity index (χ3n) is 7.16. The molecule has 0 unspecified atom stereocenters. The Morgan fingerprint density at radius 1 is 0.654 bits per heavy atom. The first-order chi connectivity index (χ1) is 12.4. The minimum atomic E-state index is -0.176. The number of rotatable bonds is 2. The Balaban J connectivity index is 1.67. The van der Waals surface area contributed by atoms with Crippen molar-refractivity contribution in [1.82, 2.24) is 0 Å². The topological polar surface area (TPSA) is 80.9 Å². The fourth-order valence-electron chi connectivity index (χ4n) is 6.79. The average molecular weight is 352 g/mol. The molecule has 2 aromatic rings. The Hall–Kier alpha value is -2.36. The molecule has 0 aliphatic heterocycles. The fourth-order valence-corrected chi connectivity index (χ4v) is 6.79. The lowest BCUT2D eigenvalue weighted by Crippen LogP contribution is -2.55. The molecule has 0 atom stereocenters. The third kappa shape index (κ3) is 2.14. The molecule has 4 aliphatic carbocycles. The van der Waals surface area contributed by atoms with Crippen molar-refractivity contribution in [2.45, 2.75) is 49.4 Å². The Morgan fingerprint density at radius 2 is 1.08 bits per heavy atom. The van der Waals surface area contributed by atoms with Crippen LogP contribution in [-0.2, 0) is 10.8 Å². The third-order valence-corrected chi connectivity index (χ3v) is 7.16. The van der Waals surface area contributed by atoms with Crippen LogP contribution in [0.15, 0.2) is 36.4 Å². The number of hydrogen-bond acceptors (Lipinski definition) is 4. The van der Waals surface area contributed by atoms with E-state index in [1.165, 1.54) is 18.6 Å². The maximum Gasteiger partial charge on any atom is 0.119 e. The van der Waals surface area contributed by atoms with Gasteiger partial charge in [0.2, 0.25) is 0 Å². The Morgan fingerprint density at radius 3 is 1.50 bits per heavy atom. The molecule has 136 valence electrons. The molecule has 4 nitrogen and oxygen atoms in total. The zero-order valence-corrected chi connectivity index (χ0v) is 14.7. The summed E-state index contributed by atoms with van der Waals surface area (Å²) in [4.78, 5) is 0. The first-order valence-corrected chi connectivity index (χ1v) is 9.44. The molecule has 0 aromatic heterocycles. The SMILES string of the molecule is Oc1ccc(O)c(C23CC4CC(C2)CC(c2cc(O)ccc2O)(C4)C3)c1. The summed E-state index contributed by atoms with van der Waals surface area (Å²) in [6.45, 7) is 0. The Labute approximate surface area is 152 Å². The summed E-state index contributed by atoms with van der Waals surface area (Å²) in [7, 11) is 0. The molecular formula is C22H24O4. The highest BCUT2D eigenvalue weighted by atomic mass is 16.3. The van der Waals surface area contributed by atoms with Crippen LogP contribution in [0.5, 0.6) is 23.0 Å². The van der Waals surface area contributed by atoms with Crippen LogP contribution in [0.4, 0.5) is 0 Å². The Bertz CT molecular complexity index is 804. The lowest BCUT2D eigenvalue weighted by molar-refractivity contribution is -0.0298. The van der Waals surface area contributed by atoms with Crippen LogP contribution in [0.1, 0.15) is 49.7 Å². The van der Waals surface area contributed by atoms with Crippen LogP contribution in [-0.4, -0.2) is 20.4 Å². The molecule has 4 aliphatic rings. The van der Waals surface area contributed by atoms with E-state index in [0.717, 1.165) is 43.2 Å². The molecule has 4 saturated carbocycles. The van der Waals surface area contributed by atoms with Gasteiger partial charge in [-0.3, -0.25) is 0 Å². The number of benzene rings is 2. The van der Waals surface area contributed by atoms with Gasteiger partial charge in [0.25, 0.3) is 0 Å². The lowest BCUT2D eigenvalue weighted by Gasteiger charge is -2.62. The number of phenols is 4. The van der Waals surface area contributed by atoms with Crippen molar-refractivity contribution in [3.05, 3.63) is 47.5 Å². The van der Waals surface area contributed by atoms with E-state index in [1.807, 2.05) is 0 Å². The van der Waals surface area contributed by atoms with Gasteiger partial charge in [-0.1, -0.05) is 0 Å². The van der Waals surface area contributed by atoms with E-state index < -0.39 is 0 Å². The molecule has 0 heterocycles. The van der Waals surface area contributed by atoms with Gasteiger partial charge in [-0.15, -0.1) is 0 Å². The number of hydrogen-bond donors (Lipinski definition) is 4. The highest BCUT2D eigenvalue weighted by Gasteiger charge is 2.59. The van der Waals surface area contributed by atoms with Crippen molar-refractivity contribution in [3.8, 4) is 23.0 Å². The number of aromatic hydroxyl groups is 4.